The first-order chi connectivity index (χ1) is 31.3. The highest BCUT2D eigenvalue weighted by atomic mass is 32.2. The van der Waals surface area contributed by atoms with E-state index in [1.807, 2.05) is 45.0 Å². The van der Waals surface area contributed by atoms with Crippen molar-refractivity contribution in [3.63, 3.8) is 0 Å². The molecule has 5 aromatic rings. The van der Waals surface area contributed by atoms with Gasteiger partial charge in [0.05, 0.1) is 49.5 Å². The summed E-state index contributed by atoms with van der Waals surface area (Å²) in [5.41, 5.74) is 13.6. The fraction of sp³-hybridized carbons (Fsp3) is 0.326. The average Bonchev–Trinajstić information content (AvgIpc) is 3.26. The highest BCUT2D eigenvalue weighted by Gasteiger charge is 2.29. The molecule has 6 rings (SSSR count). The summed E-state index contributed by atoms with van der Waals surface area (Å²) in [5, 5.41) is 16.4. The van der Waals surface area contributed by atoms with E-state index in [0.717, 1.165) is 11.8 Å². The number of carbonyl (C=O) groups is 4. The van der Waals surface area contributed by atoms with Crippen molar-refractivity contribution in [2.75, 3.05) is 74.7 Å². The van der Waals surface area contributed by atoms with Crippen molar-refractivity contribution < 1.29 is 46.9 Å². The monoisotopic (exact) mass is 925 g/mol. The molecule has 4 aromatic carbocycles. The minimum atomic E-state index is -3.74. The largest absolute Gasteiger partial charge is 0.496 e. The molecule has 0 radical (unpaired) electrons. The lowest BCUT2D eigenvalue weighted by atomic mass is 9.86. The van der Waals surface area contributed by atoms with Crippen LogP contribution in [-0.4, -0.2) is 118 Å². The van der Waals surface area contributed by atoms with Gasteiger partial charge in [0.1, 0.15) is 29.1 Å². The Morgan fingerprint density at radius 1 is 0.894 bits per heavy atom. The number of aliphatic carboxylic acids is 1. The van der Waals surface area contributed by atoms with E-state index in [1.165, 1.54) is 19.1 Å². The van der Waals surface area contributed by atoms with Crippen LogP contribution in [0.25, 0.3) is 10.8 Å². The number of sulfonamides is 1. The van der Waals surface area contributed by atoms with Crippen molar-refractivity contribution in [1.82, 2.24) is 20.1 Å². The Morgan fingerprint density at radius 2 is 1.61 bits per heavy atom. The molecular weight excluding hydrogens is 871 g/mol. The van der Waals surface area contributed by atoms with E-state index >= 15 is 0 Å². The van der Waals surface area contributed by atoms with Gasteiger partial charge in [0.2, 0.25) is 15.9 Å². The van der Waals surface area contributed by atoms with Crippen LogP contribution < -0.4 is 45.9 Å². The molecule has 1 fully saturated rings. The van der Waals surface area contributed by atoms with E-state index in [4.69, 9.17) is 30.8 Å². The minimum absolute atomic E-state index is 0.0999. The number of fused-ring (bicyclic) bond motifs is 1. The number of hydrogen-bond donors (Lipinski definition) is 6. The lowest BCUT2D eigenvalue weighted by molar-refractivity contribution is -0.143. The van der Waals surface area contributed by atoms with Crippen molar-refractivity contribution in [3.8, 4) is 23.0 Å². The number of amides is 4. The van der Waals surface area contributed by atoms with Crippen LogP contribution >= 0.6 is 0 Å². The van der Waals surface area contributed by atoms with Crippen LogP contribution in [0.3, 0.4) is 0 Å². The zero-order chi connectivity index (χ0) is 47.9. The van der Waals surface area contributed by atoms with E-state index in [-0.39, 0.29) is 35.4 Å². The van der Waals surface area contributed by atoms with Gasteiger partial charge >= 0.3 is 12.0 Å². The summed E-state index contributed by atoms with van der Waals surface area (Å²) in [6, 6.07) is 20.5. The van der Waals surface area contributed by atoms with Gasteiger partial charge < -0.3 is 46.3 Å². The minimum Gasteiger partial charge on any atom is -0.496 e. The second-order valence-corrected chi connectivity index (χ2v) is 18.4. The molecule has 0 bridgehead atoms. The number of nitrogens with one attached hydrogen (secondary N) is 3. The SMILES string of the molecule is COc1cc(Nc2cc(Oc3ccc(N(C(N)=O)c4cc(C(C)(C)C)cc(NS(C)(=O)=O)c4OC)c4ccccc34)ccn2)ccc1C(=O)NCCN1CCN(C(=O)C[C@H](N)C(=O)O)CC1. The fourth-order valence-electron chi connectivity index (χ4n) is 7.43. The predicted octanol–water partition coefficient (Wildman–Crippen LogP) is 5.35. The number of nitrogens with zero attached hydrogens (tertiary/aromatic N) is 4. The Labute approximate surface area is 383 Å². The highest BCUT2D eigenvalue weighted by molar-refractivity contribution is 7.92. The number of carboxylic acid groups (broad SMARTS) is 1. The molecule has 1 aliphatic heterocycles. The summed E-state index contributed by atoms with van der Waals surface area (Å²) in [5.74, 6) is -0.0751. The first-order valence-electron chi connectivity index (χ1n) is 20.9. The van der Waals surface area contributed by atoms with E-state index in [9.17, 15) is 27.6 Å². The summed E-state index contributed by atoms with van der Waals surface area (Å²) in [6.45, 7) is 8.82. The topological polar surface area (TPSA) is 261 Å². The van der Waals surface area contributed by atoms with E-state index in [0.29, 0.717) is 90.0 Å². The number of aromatic nitrogens is 1. The molecule has 20 heteroatoms. The predicted molar refractivity (Wildman–Crippen MR) is 252 cm³/mol. The first kappa shape index (κ1) is 48.3. The molecule has 1 aliphatic rings. The summed E-state index contributed by atoms with van der Waals surface area (Å²) in [4.78, 5) is 59.5. The van der Waals surface area contributed by atoms with Crippen LogP contribution in [0.4, 0.5) is 33.4 Å². The second kappa shape index (κ2) is 20.3. The van der Waals surface area contributed by atoms with Gasteiger partial charge in [-0.2, -0.15) is 0 Å². The molecule has 8 N–H and O–H groups in total. The number of pyridine rings is 1. The lowest BCUT2D eigenvalue weighted by Crippen LogP contribution is -2.51. The highest BCUT2D eigenvalue weighted by Crippen LogP contribution is 2.46. The Hall–Kier alpha value is -7.16. The quantitative estimate of drug-likeness (QED) is 0.0687. The normalized spacial score (nSPS) is 13.7. The van der Waals surface area contributed by atoms with Gasteiger partial charge in [-0.1, -0.05) is 45.0 Å². The van der Waals surface area contributed by atoms with Crippen LogP contribution in [0.5, 0.6) is 23.0 Å². The van der Waals surface area contributed by atoms with Gasteiger partial charge in [0, 0.05) is 74.1 Å². The molecular formula is C46H55N9O10S. The summed E-state index contributed by atoms with van der Waals surface area (Å²) in [6.07, 6.45) is 2.36. The van der Waals surface area contributed by atoms with Crippen LogP contribution in [0.1, 0.15) is 43.1 Å². The third-order valence-electron chi connectivity index (χ3n) is 10.8. The molecule has 0 saturated carbocycles. The standard InChI is InChI=1S/C46H55N9O10S/c1-46(2,3)28-23-35(52-66(6,61)62)42(64-5)37(24-28)55(45(48)60)36-13-14-38(32-10-8-7-9-31(32)36)65-30-15-16-49-40(26-30)51-29-11-12-33(39(25-29)63-4)43(57)50-17-18-53-19-21-54(22-20-53)41(56)27-34(47)44(58)59/h7-16,23-26,34,52H,17-22,27,47H2,1-6H3,(H2,48,60)(H,49,51)(H,50,57)(H,58,59)/t34-/m0/s1. The number of carboxylic acids is 1. The number of methoxy groups -OCH3 is 2. The Bertz CT molecular complexity index is 2740. The molecule has 1 aromatic heterocycles. The molecule has 66 heavy (non-hydrogen) atoms. The number of nitrogens with two attached hydrogens (primary N) is 2. The number of anilines is 5. The first-order valence-corrected chi connectivity index (χ1v) is 22.8. The summed E-state index contributed by atoms with van der Waals surface area (Å²) >= 11 is 0. The second-order valence-electron chi connectivity index (χ2n) is 16.6. The van der Waals surface area contributed by atoms with Gasteiger partial charge in [-0.25, -0.2) is 18.2 Å². The molecule has 1 atom stereocenters. The van der Waals surface area contributed by atoms with Crippen LogP contribution in [0.2, 0.25) is 0 Å². The van der Waals surface area contributed by atoms with Crippen molar-refractivity contribution in [1.29, 1.82) is 0 Å². The molecule has 0 aliphatic carbocycles. The third-order valence-corrected chi connectivity index (χ3v) is 11.4. The van der Waals surface area contributed by atoms with Gasteiger partial charge in [-0.05, 0) is 53.4 Å². The van der Waals surface area contributed by atoms with E-state index in [2.05, 4.69) is 25.2 Å². The van der Waals surface area contributed by atoms with Gasteiger partial charge in [-0.15, -0.1) is 0 Å². The zero-order valence-electron chi connectivity index (χ0n) is 37.6. The number of carbonyl (C=O) groups excluding carboxylic acids is 3. The van der Waals surface area contributed by atoms with Gasteiger partial charge in [0.25, 0.3) is 5.91 Å². The molecule has 0 unspecified atom stereocenters. The van der Waals surface area contributed by atoms with E-state index in [1.54, 1.807) is 65.7 Å². The number of urea groups is 1. The molecule has 19 nitrogen and oxygen atoms in total. The molecule has 4 amide bonds. The Kier molecular flexibility index (Phi) is 14.9. The van der Waals surface area contributed by atoms with Crippen molar-refractivity contribution in [2.45, 2.75) is 38.6 Å². The number of primary amides is 1. The number of piperazine rings is 1. The lowest BCUT2D eigenvalue weighted by Gasteiger charge is -2.35. The van der Waals surface area contributed by atoms with Gasteiger partial charge in [0.15, 0.2) is 5.75 Å². The van der Waals surface area contributed by atoms with Crippen molar-refractivity contribution >= 4 is 73.2 Å². The molecule has 2 heterocycles. The maximum atomic E-state index is 13.4. The fourth-order valence-corrected chi connectivity index (χ4v) is 7.98. The van der Waals surface area contributed by atoms with Crippen LogP contribution in [0.15, 0.2) is 85.1 Å². The number of rotatable bonds is 17. The molecule has 0 spiro atoms. The van der Waals surface area contributed by atoms with Crippen molar-refractivity contribution in [3.05, 3.63) is 96.2 Å². The molecule has 1 saturated heterocycles. The maximum Gasteiger partial charge on any atom is 0.324 e. The number of ether oxygens (including phenoxy) is 3. The Balaban J connectivity index is 1.15. The van der Waals surface area contributed by atoms with Crippen molar-refractivity contribution in [2.24, 2.45) is 11.5 Å². The van der Waals surface area contributed by atoms with Crippen LogP contribution in [0, 0.1) is 0 Å². The van der Waals surface area contributed by atoms with Crippen LogP contribution in [-0.2, 0) is 25.0 Å². The maximum absolute atomic E-state index is 13.4. The van der Waals surface area contributed by atoms with Gasteiger partial charge in [-0.3, -0.25) is 28.9 Å². The number of hydrogen-bond acceptors (Lipinski definition) is 13. The van der Waals surface area contributed by atoms with E-state index < -0.39 is 33.5 Å². The smallest absolute Gasteiger partial charge is 0.324 e. The molecule has 350 valence electrons. The average molecular weight is 926 g/mol. The Morgan fingerprint density at radius 3 is 2.24 bits per heavy atom. The number of benzene rings is 4. The summed E-state index contributed by atoms with van der Waals surface area (Å²) in [7, 11) is -0.887. The summed E-state index contributed by atoms with van der Waals surface area (Å²) < 4.78 is 45.1. The zero-order valence-corrected chi connectivity index (χ0v) is 38.4. The third kappa shape index (κ3) is 11.7.